The highest BCUT2D eigenvalue weighted by Gasteiger charge is 2.34. The fraction of sp³-hybridized carbons (Fsp3) is 0.333. The molecule has 0 unspecified atom stereocenters. The number of nitrogens with zero attached hydrogens (tertiary/aromatic N) is 1. The lowest BCUT2D eigenvalue weighted by Crippen LogP contribution is -2.42. The van der Waals surface area contributed by atoms with Gasteiger partial charge >= 0.3 is 12.1 Å². The van der Waals surface area contributed by atoms with E-state index in [-0.39, 0.29) is 10.5 Å². The zero-order valence-electron chi connectivity index (χ0n) is 10.4. The molecule has 0 spiro atoms. The minimum atomic E-state index is -4.66. The number of aliphatic carboxylic acids is 1. The number of carbonyl (C=O) groups is 2. The van der Waals surface area contributed by atoms with Gasteiger partial charge in [0.2, 0.25) is 0 Å². The van der Waals surface area contributed by atoms with Crippen LogP contribution < -0.4 is 0 Å². The average Bonchev–Trinajstić information content (AvgIpc) is 2.24. The Morgan fingerprint density at radius 3 is 2.40 bits per heavy atom. The predicted octanol–water partition coefficient (Wildman–Crippen LogP) is 2.85. The molecule has 0 fully saturated rings. The summed E-state index contributed by atoms with van der Waals surface area (Å²) in [5, 5.41) is 8.62. The summed E-state index contributed by atoms with van der Waals surface area (Å²) in [6.07, 6.45) is -4.66. The first kappa shape index (κ1) is 16.5. The molecule has 4 nitrogen and oxygen atoms in total. The van der Waals surface area contributed by atoms with E-state index in [0.29, 0.717) is 4.47 Å². The van der Waals surface area contributed by atoms with Crippen LogP contribution in [-0.2, 0) is 4.79 Å². The van der Waals surface area contributed by atoms with E-state index < -0.39 is 31.1 Å². The molecule has 0 saturated carbocycles. The third-order valence-electron chi connectivity index (χ3n) is 2.34. The lowest BCUT2D eigenvalue weighted by Gasteiger charge is -2.22. The van der Waals surface area contributed by atoms with Gasteiger partial charge in [-0.05, 0) is 40.5 Å². The molecule has 1 aromatic rings. The van der Waals surface area contributed by atoms with Crippen molar-refractivity contribution in [1.82, 2.24) is 4.90 Å². The lowest BCUT2D eigenvalue weighted by molar-refractivity contribution is -0.149. The van der Waals surface area contributed by atoms with E-state index >= 15 is 0 Å². The van der Waals surface area contributed by atoms with Crippen molar-refractivity contribution in [1.29, 1.82) is 0 Å². The van der Waals surface area contributed by atoms with Gasteiger partial charge < -0.3 is 10.0 Å². The predicted molar refractivity (Wildman–Crippen MR) is 68.5 cm³/mol. The molecule has 0 aliphatic heterocycles. The van der Waals surface area contributed by atoms with Crippen molar-refractivity contribution in [2.75, 3.05) is 13.1 Å². The number of amides is 1. The molecule has 0 aliphatic rings. The Balaban J connectivity index is 3.06. The number of alkyl halides is 3. The average molecular weight is 354 g/mol. The van der Waals surface area contributed by atoms with Gasteiger partial charge in [0.05, 0.1) is 5.56 Å². The number of hydrogen-bond acceptors (Lipinski definition) is 2. The van der Waals surface area contributed by atoms with Gasteiger partial charge in [0.1, 0.15) is 13.1 Å². The van der Waals surface area contributed by atoms with Gasteiger partial charge in [-0.2, -0.15) is 13.2 Å². The number of halogens is 4. The maximum absolute atomic E-state index is 12.4. The summed E-state index contributed by atoms with van der Waals surface area (Å²) in [5.41, 5.74) is 0.801. The number of benzene rings is 1. The summed E-state index contributed by atoms with van der Waals surface area (Å²) < 4.78 is 37.5. The maximum atomic E-state index is 12.4. The van der Waals surface area contributed by atoms with Gasteiger partial charge in [-0.25, -0.2) is 0 Å². The number of hydrogen-bond donors (Lipinski definition) is 1. The molecule has 20 heavy (non-hydrogen) atoms. The van der Waals surface area contributed by atoms with Crippen molar-refractivity contribution in [2.45, 2.75) is 13.1 Å². The smallest absolute Gasteiger partial charge is 0.406 e. The van der Waals surface area contributed by atoms with Crippen molar-refractivity contribution in [3.05, 3.63) is 33.8 Å². The fourth-order valence-corrected chi connectivity index (χ4v) is 2.21. The van der Waals surface area contributed by atoms with E-state index in [1.54, 1.807) is 19.1 Å². The molecule has 1 rings (SSSR count). The van der Waals surface area contributed by atoms with Gasteiger partial charge in [-0.1, -0.05) is 6.07 Å². The molecular weight excluding hydrogens is 343 g/mol. The Hall–Kier alpha value is -1.57. The topological polar surface area (TPSA) is 57.6 Å². The molecule has 1 aromatic carbocycles. The zero-order chi connectivity index (χ0) is 15.5. The van der Waals surface area contributed by atoms with E-state index in [1.807, 2.05) is 0 Å². The highest BCUT2D eigenvalue weighted by Crippen LogP contribution is 2.23. The summed E-state index contributed by atoms with van der Waals surface area (Å²) >= 11 is 3.09. The van der Waals surface area contributed by atoms with E-state index in [1.165, 1.54) is 6.07 Å². The monoisotopic (exact) mass is 353 g/mol. The van der Waals surface area contributed by atoms with Crippen molar-refractivity contribution < 1.29 is 27.9 Å². The maximum Gasteiger partial charge on any atom is 0.406 e. The second-order valence-electron chi connectivity index (χ2n) is 4.15. The van der Waals surface area contributed by atoms with Crippen molar-refractivity contribution in [3.8, 4) is 0 Å². The first-order valence-corrected chi connectivity index (χ1v) is 6.23. The van der Waals surface area contributed by atoms with Crippen LogP contribution in [0.15, 0.2) is 22.7 Å². The van der Waals surface area contributed by atoms with E-state index in [2.05, 4.69) is 15.9 Å². The van der Waals surface area contributed by atoms with E-state index in [9.17, 15) is 22.8 Å². The van der Waals surface area contributed by atoms with Crippen LogP contribution in [0.4, 0.5) is 13.2 Å². The molecule has 1 amide bonds. The van der Waals surface area contributed by atoms with Gasteiger partial charge in [0.15, 0.2) is 0 Å². The highest BCUT2D eigenvalue weighted by atomic mass is 79.9. The van der Waals surface area contributed by atoms with Crippen molar-refractivity contribution in [2.24, 2.45) is 0 Å². The van der Waals surface area contributed by atoms with Gasteiger partial charge in [0, 0.05) is 4.47 Å². The Kier molecular flexibility index (Phi) is 5.15. The molecule has 0 saturated heterocycles. The first-order chi connectivity index (χ1) is 9.10. The Labute approximate surface area is 121 Å². The Morgan fingerprint density at radius 2 is 1.95 bits per heavy atom. The Bertz CT molecular complexity index is 531. The molecule has 0 radical (unpaired) electrons. The normalized spacial score (nSPS) is 11.2. The number of carboxylic acid groups (broad SMARTS) is 1. The van der Waals surface area contributed by atoms with Gasteiger partial charge in [-0.3, -0.25) is 9.59 Å². The third-order valence-corrected chi connectivity index (χ3v) is 2.99. The number of carboxylic acids is 1. The number of rotatable bonds is 4. The molecule has 0 aliphatic carbocycles. The largest absolute Gasteiger partial charge is 0.480 e. The van der Waals surface area contributed by atoms with Crippen LogP contribution in [0.2, 0.25) is 0 Å². The van der Waals surface area contributed by atoms with E-state index in [0.717, 1.165) is 5.56 Å². The minimum absolute atomic E-state index is 0.0129. The standard InChI is InChI=1S/C12H11BrF3NO3/c1-7-2-3-8(9(13)4-7)11(20)17(5-10(18)19)6-12(14,15)16/h2-4H,5-6H2,1H3,(H,18,19). The van der Waals surface area contributed by atoms with Crippen LogP contribution >= 0.6 is 15.9 Å². The second-order valence-corrected chi connectivity index (χ2v) is 5.01. The third kappa shape index (κ3) is 4.84. The zero-order valence-corrected chi connectivity index (χ0v) is 12.0. The van der Waals surface area contributed by atoms with Crippen LogP contribution in [0.25, 0.3) is 0 Å². The Morgan fingerprint density at radius 1 is 1.35 bits per heavy atom. The van der Waals surface area contributed by atoms with E-state index in [4.69, 9.17) is 5.11 Å². The first-order valence-electron chi connectivity index (χ1n) is 5.44. The number of carbonyl (C=O) groups excluding carboxylic acids is 1. The van der Waals surface area contributed by atoms with Crippen molar-refractivity contribution in [3.63, 3.8) is 0 Å². The summed E-state index contributed by atoms with van der Waals surface area (Å²) in [6.45, 7) is -0.874. The van der Waals surface area contributed by atoms with Crippen LogP contribution in [0, 0.1) is 6.92 Å². The fourth-order valence-electron chi connectivity index (χ4n) is 1.54. The van der Waals surface area contributed by atoms with Crippen molar-refractivity contribution >= 4 is 27.8 Å². The summed E-state index contributed by atoms with van der Waals surface area (Å²) in [5.74, 6) is -2.50. The summed E-state index contributed by atoms with van der Waals surface area (Å²) in [6, 6.07) is 4.48. The molecule has 8 heteroatoms. The van der Waals surface area contributed by atoms with Crippen LogP contribution in [-0.4, -0.2) is 41.1 Å². The van der Waals surface area contributed by atoms with Gasteiger partial charge in [-0.15, -0.1) is 0 Å². The molecule has 110 valence electrons. The summed E-state index contributed by atoms with van der Waals surface area (Å²) in [7, 11) is 0. The van der Waals surface area contributed by atoms with Crippen LogP contribution in [0.5, 0.6) is 0 Å². The molecule has 0 heterocycles. The van der Waals surface area contributed by atoms with Gasteiger partial charge in [0.25, 0.3) is 5.91 Å². The lowest BCUT2D eigenvalue weighted by atomic mass is 10.1. The van der Waals surface area contributed by atoms with Crippen LogP contribution in [0.1, 0.15) is 15.9 Å². The quantitative estimate of drug-likeness (QED) is 0.905. The molecule has 0 aromatic heterocycles. The SMILES string of the molecule is Cc1ccc(C(=O)N(CC(=O)O)CC(F)(F)F)c(Br)c1. The molecule has 1 N–H and O–H groups in total. The van der Waals surface area contributed by atoms with Crippen LogP contribution in [0.3, 0.4) is 0 Å². The number of aryl methyl sites for hydroxylation is 1. The minimum Gasteiger partial charge on any atom is -0.480 e. The highest BCUT2D eigenvalue weighted by molar-refractivity contribution is 9.10. The summed E-state index contributed by atoms with van der Waals surface area (Å²) in [4.78, 5) is 22.9. The molecule has 0 atom stereocenters. The second kappa shape index (κ2) is 6.25. The molecular formula is C12H11BrF3NO3. The molecule has 0 bridgehead atoms.